The number of hydrogen-bond donors (Lipinski definition) is 1. The number of carbonyl (C=O) groups is 1. The summed E-state index contributed by atoms with van der Waals surface area (Å²) < 4.78 is 5.23. The fourth-order valence-electron chi connectivity index (χ4n) is 3.17. The molecule has 0 spiro atoms. The minimum Gasteiger partial charge on any atom is -0.497 e. The average molecular weight is 380 g/mol. The van der Waals surface area contributed by atoms with Gasteiger partial charge in [-0.05, 0) is 42.2 Å². The number of amides is 1. The van der Waals surface area contributed by atoms with Crippen LogP contribution < -0.4 is 10.2 Å². The summed E-state index contributed by atoms with van der Waals surface area (Å²) in [6, 6.07) is 17.5. The van der Waals surface area contributed by atoms with Crippen LogP contribution in [0.15, 0.2) is 59.7 Å². The van der Waals surface area contributed by atoms with Gasteiger partial charge < -0.3 is 4.74 Å². The first-order valence-corrected chi connectivity index (χ1v) is 9.05. The number of ether oxygens (including phenoxy) is 1. The lowest BCUT2D eigenvalue weighted by molar-refractivity contribution is -0.122. The molecule has 2 atom stereocenters. The molecule has 1 amide bonds. The van der Waals surface area contributed by atoms with E-state index in [2.05, 4.69) is 27.6 Å². The zero-order valence-electron chi connectivity index (χ0n) is 14.7. The van der Waals surface area contributed by atoms with E-state index in [9.17, 15) is 4.79 Å². The molecule has 1 saturated carbocycles. The van der Waals surface area contributed by atoms with E-state index in [1.807, 2.05) is 42.5 Å². The highest BCUT2D eigenvalue weighted by Crippen LogP contribution is 2.47. The smallest absolute Gasteiger partial charge is 0.243 e. The van der Waals surface area contributed by atoms with Crippen LogP contribution in [-0.2, 0) is 4.79 Å². The summed E-state index contributed by atoms with van der Waals surface area (Å²) in [6.45, 7) is 0. The van der Waals surface area contributed by atoms with Crippen molar-refractivity contribution in [2.45, 2.75) is 12.3 Å². The third kappa shape index (κ3) is 3.78. The Morgan fingerprint density at radius 2 is 2.07 bits per heavy atom. The van der Waals surface area contributed by atoms with Crippen molar-refractivity contribution >= 4 is 34.6 Å². The number of fused-ring (bicyclic) bond motifs is 1. The van der Waals surface area contributed by atoms with E-state index in [0.717, 1.165) is 23.1 Å². The van der Waals surface area contributed by atoms with Gasteiger partial charge in [-0.15, -0.1) is 0 Å². The van der Waals surface area contributed by atoms with Crippen molar-refractivity contribution in [2.24, 2.45) is 11.0 Å². The van der Waals surface area contributed by atoms with Crippen LogP contribution in [0.25, 0.3) is 10.9 Å². The first-order valence-electron chi connectivity index (χ1n) is 8.68. The van der Waals surface area contributed by atoms with Gasteiger partial charge in [0.05, 0.1) is 18.8 Å². The van der Waals surface area contributed by atoms with Crippen molar-refractivity contribution in [3.63, 3.8) is 0 Å². The number of hydrazone groups is 1. The molecule has 27 heavy (non-hydrogen) atoms. The highest BCUT2D eigenvalue weighted by molar-refractivity contribution is 6.32. The third-order valence-corrected chi connectivity index (χ3v) is 5.04. The lowest BCUT2D eigenvalue weighted by atomic mass is 10.1. The van der Waals surface area contributed by atoms with Crippen LogP contribution in [0.5, 0.6) is 5.75 Å². The third-order valence-electron chi connectivity index (χ3n) is 4.74. The summed E-state index contributed by atoms with van der Waals surface area (Å²) >= 11 is 6.22. The first kappa shape index (κ1) is 17.5. The van der Waals surface area contributed by atoms with Crippen LogP contribution in [0, 0.1) is 5.92 Å². The Kier molecular flexibility index (Phi) is 4.77. The molecule has 0 radical (unpaired) electrons. The monoisotopic (exact) mass is 379 g/mol. The molecule has 136 valence electrons. The van der Waals surface area contributed by atoms with Crippen molar-refractivity contribution in [1.29, 1.82) is 0 Å². The highest BCUT2D eigenvalue weighted by atomic mass is 35.5. The molecule has 3 aromatic rings. The van der Waals surface area contributed by atoms with Gasteiger partial charge in [-0.25, -0.2) is 10.4 Å². The SMILES string of the molecule is COc1ccc2nc(Cl)c(/C=N/NC(=O)[C@@H]3C[C@H]3c3ccccc3)cc2c1. The Labute approximate surface area is 162 Å². The molecule has 0 unspecified atom stereocenters. The summed E-state index contributed by atoms with van der Waals surface area (Å²) in [5.74, 6) is 0.911. The van der Waals surface area contributed by atoms with Crippen molar-refractivity contribution in [2.75, 3.05) is 7.11 Å². The van der Waals surface area contributed by atoms with E-state index in [1.165, 1.54) is 11.8 Å². The number of methoxy groups -OCH3 is 1. The van der Waals surface area contributed by atoms with E-state index in [4.69, 9.17) is 16.3 Å². The second kappa shape index (κ2) is 7.37. The number of rotatable bonds is 5. The van der Waals surface area contributed by atoms with Gasteiger partial charge in [0.25, 0.3) is 0 Å². The van der Waals surface area contributed by atoms with E-state index >= 15 is 0 Å². The van der Waals surface area contributed by atoms with Crippen LogP contribution in [-0.4, -0.2) is 24.2 Å². The number of nitrogens with zero attached hydrogens (tertiary/aromatic N) is 2. The van der Waals surface area contributed by atoms with Gasteiger partial charge in [-0.3, -0.25) is 4.79 Å². The minimum absolute atomic E-state index is 0.0287. The van der Waals surface area contributed by atoms with Crippen LogP contribution in [0.2, 0.25) is 5.15 Å². The zero-order valence-corrected chi connectivity index (χ0v) is 15.5. The van der Waals surface area contributed by atoms with Crippen LogP contribution >= 0.6 is 11.6 Å². The molecular formula is C21H18ClN3O2. The molecular weight excluding hydrogens is 362 g/mol. The maximum Gasteiger partial charge on any atom is 0.243 e. The average Bonchev–Trinajstić information content (AvgIpc) is 3.49. The Balaban J connectivity index is 1.44. The number of carbonyl (C=O) groups excluding carboxylic acids is 1. The lowest BCUT2D eigenvalue weighted by Crippen LogP contribution is -2.20. The van der Waals surface area contributed by atoms with E-state index < -0.39 is 0 Å². The van der Waals surface area contributed by atoms with Crippen molar-refractivity contribution in [1.82, 2.24) is 10.4 Å². The summed E-state index contributed by atoms with van der Waals surface area (Å²) in [5.41, 5.74) is 5.20. The van der Waals surface area contributed by atoms with Crippen molar-refractivity contribution in [3.05, 3.63) is 70.9 Å². The fourth-order valence-corrected chi connectivity index (χ4v) is 3.36. The number of nitrogens with one attached hydrogen (secondary N) is 1. The predicted octanol–water partition coefficient (Wildman–Crippen LogP) is 4.15. The molecule has 1 aromatic heterocycles. The number of benzene rings is 2. The van der Waals surface area contributed by atoms with Gasteiger partial charge >= 0.3 is 0 Å². The largest absolute Gasteiger partial charge is 0.497 e. The van der Waals surface area contributed by atoms with Crippen molar-refractivity contribution in [3.8, 4) is 5.75 Å². The summed E-state index contributed by atoms with van der Waals surface area (Å²) in [6.07, 6.45) is 2.37. The normalized spacial score (nSPS) is 18.6. The minimum atomic E-state index is -0.0772. The topological polar surface area (TPSA) is 63.6 Å². The molecule has 5 nitrogen and oxygen atoms in total. The molecule has 4 rings (SSSR count). The number of aromatic nitrogens is 1. The molecule has 0 bridgehead atoms. The first-order chi connectivity index (χ1) is 13.2. The van der Waals surface area contributed by atoms with Crippen molar-refractivity contribution < 1.29 is 9.53 Å². The van der Waals surface area contributed by atoms with Gasteiger partial charge in [-0.1, -0.05) is 41.9 Å². The molecule has 1 heterocycles. The molecule has 1 fully saturated rings. The number of hydrogen-bond acceptors (Lipinski definition) is 4. The summed E-state index contributed by atoms with van der Waals surface area (Å²) in [4.78, 5) is 16.6. The van der Waals surface area contributed by atoms with E-state index in [1.54, 1.807) is 7.11 Å². The molecule has 1 aliphatic rings. The molecule has 1 aliphatic carbocycles. The van der Waals surface area contributed by atoms with E-state index in [0.29, 0.717) is 10.7 Å². The maximum absolute atomic E-state index is 12.3. The fraction of sp³-hybridized carbons (Fsp3) is 0.190. The highest BCUT2D eigenvalue weighted by Gasteiger charge is 2.43. The van der Waals surface area contributed by atoms with Crippen LogP contribution in [0.1, 0.15) is 23.5 Å². The molecule has 0 aliphatic heterocycles. The van der Waals surface area contributed by atoms with Gasteiger partial charge in [0, 0.05) is 16.9 Å². The molecule has 1 N–H and O–H groups in total. The molecule has 0 saturated heterocycles. The predicted molar refractivity (Wildman–Crippen MR) is 106 cm³/mol. The van der Waals surface area contributed by atoms with E-state index in [-0.39, 0.29) is 17.7 Å². The van der Waals surface area contributed by atoms with Gasteiger partial charge in [0.2, 0.25) is 5.91 Å². The molecule has 6 heteroatoms. The number of pyridine rings is 1. The van der Waals surface area contributed by atoms with Gasteiger partial charge in [0.15, 0.2) is 0 Å². The maximum atomic E-state index is 12.3. The Morgan fingerprint density at radius 1 is 1.26 bits per heavy atom. The summed E-state index contributed by atoms with van der Waals surface area (Å²) in [7, 11) is 1.61. The van der Waals surface area contributed by atoms with Crippen LogP contribution in [0.4, 0.5) is 0 Å². The Hall–Kier alpha value is -2.92. The van der Waals surface area contributed by atoms with Gasteiger partial charge in [-0.2, -0.15) is 5.10 Å². The Bertz CT molecular complexity index is 1020. The Morgan fingerprint density at radius 3 is 2.85 bits per heavy atom. The van der Waals surface area contributed by atoms with Crippen LogP contribution in [0.3, 0.4) is 0 Å². The second-order valence-electron chi connectivity index (χ2n) is 6.52. The second-order valence-corrected chi connectivity index (χ2v) is 6.88. The summed E-state index contributed by atoms with van der Waals surface area (Å²) in [5, 5.41) is 5.28. The molecule has 2 aromatic carbocycles. The number of halogens is 1. The zero-order chi connectivity index (χ0) is 18.8. The standard InChI is InChI=1S/C21H18ClN3O2/c1-27-16-7-8-19-14(10-16)9-15(20(22)24-19)12-23-25-21(26)18-11-17(18)13-5-3-2-4-6-13/h2-10,12,17-18H,11H2,1H3,(H,25,26)/b23-12+/t17-,18+/m0/s1. The van der Waals surface area contributed by atoms with Gasteiger partial charge in [0.1, 0.15) is 10.9 Å². The quantitative estimate of drug-likeness (QED) is 0.411. The lowest BCUT2D eigenvalue weighted by Gasteiger charge is -2.05.